The number of aromatic nitrogens is 3. The molecular formula is C14H17N3O2. The van der Waals surface area contributed by atoms with Crippen LogP contribution in [0.4, 0.5) is 0 Å². The van der Waals surface area contributed by atoms with Crippen LogP contribution in [-0.4, -0.2) is 28.0 Å². The average Bonchev–Trinajstić information content (AvgIpc) is 2.81. The number of carbonyl (C=O) groups excluding carboxylic acids is 1. The largest absolute Gasteiger partial charge is 0.468 e. The average molecular weight is 259 g/mol. The van der Waals surface area contributed by atoms with Crippen LogP contribution < -0.4 is 0 Å². The van der Waals surface area contributed by atoms with Crippen molar-refractivity contribution in [3.8, 4) is 11.3 Å². The molecule has 0 atom stereocenters. The molecule has 5 nitrogen and oxygen atoms in total. The highest BCUT2D eigenvalue weighted by molar-refractivity contribution is 5.81. The minimum absolute atomic E-state index is 0.320. The lowest BCUT2D eigenvalue weighted by atomic mass is 9.93. The van der Waals surface area contributed by atoms with Gasteiger partial charge in [0.2, 0.25) is 0 Å². The predicted molar refractivity (Wildman–Crippen MR) is 71.6 cm³/mol. The Bertz CT molecular complexity index is 588. The molecule has 0 fully saturated rings. The monoisotopic (exact) mass is 259 g/mol. The van der Waals surface area contributed by atoms with Gasteiger partial charge in [-0.05, 0) is 32.9 Å². The minimum atomic E-state index is -0.806. The molecule has 19 heavy (non-hydrogen) atoms. The maximum absolute atomic E-state index is 11.8. The van der Waals surface area contributed by atoms with E-state index in [-0.39, 0.29) is 5.97 Å². The van der Waals surface area contributed by atoms with Gasteiger partial charge in [0, 0.05) is 23.7 Å². The standard InChI is InChI=1S/C14H17N3O2/c1-9-11(10-6-5-7-15-8-10)17-12(16-9)14(2,3)13(18)19-4/h5-8H,1-4H3,(H,16,17). The van der Waals surface area contributed by atoms with E-state index in [0.717, 1.165) is 17.0 Å². The van der Waals surface area contributed by atoms with Crippen molar-refractivity contribution >= 4 is 5.97 Å². The number of pyridine rings is 1. The lowest BCUT2D eigenvalue weighted by molar-refractivity contribution is -0.146. The first kappa shape index (κ1) is 13.3. The van der Waals surface area contributed by atoms with Crippen LogP contribution in [0.2, 0.25) is 0 Å². The molecule has 2 aromatic rings. The van der Waals surface area contributed by atoms with Crippen molar-refractivity contribution < 1.29 is 9.53 Å². The van der Waals surface area contributed by atoms with Gasteiger partial charge >= 0.3 is 5.97 Å². The van der Waals surface area contributed by atoms with Gasteiger partial charge in [0.25, 0.3) is 0 Å². The first-order chi connectivity index (χ1) is 8.96. The zero-order chi connectivity index (χ0) is 14.0. The molecule has 0 aliphatic heterocycles. The molecule has 0 saturated heterocycles. The number of aromatic amines is 1. The molecular weight excluding hydrogens is 242 g/mol. The van der Waals surface area contributed by atoms with Gasteiger partial charge in [-0.25, -0.2) is 4.98 Å². The summed E-state index contributed by atoms with van der Waals surface area (Å²) in [5.41, 5.74) is 1.82. The highest BCUT2D eigenvalue weighted by Crippen LogP contribution is 2.27. The van der Waals surface area contributed by atoms with E-state index in [9.17, 15) is 4.79 Å². The van der Waals surface area contributed by atoms with Crippen LogP contribution in [-0.2, 0) is 14.9 Å². The maximum Gasteiger partial charge on any atom is 0.318 e. The highest BCUT2D eigenvalue weighted by atomic mass is 16.5. The molecule has 5 heteroatoms. The van der Waals surface area contributed by atoms with E-state index in [0.29, 0.717) is 5.82 Å². The molecule has 0 spiro atoms. The van der Waals surface area contributed by atoms with E-state index >= 15 is 0 Å². The van der Waals surface area contributed by atoms with Crippen molar-refractivity contribution in [3.63, 3.8) is 0 Å². The number of rotatable bonds is 3. The van der Waals surface area contributed by atoms with Gasteiger partial charge in [-0.15, -0.1) is 0 Å². The second kappa shape index (κ2) is 4.84. The molecule has 1 N–H and O–H groups in total. The quantitative estimate of drug-likeness (QED) is 0.858. The lowest BCUT2D eigenvalue weighted by Crippen LogP contribution is -2.31. The Morgan fingerprint density at radius 2 is 2.16 bits per heavy atom. The van der Waals surface area contributed by atoms with Crippen molar-refractivity contribution in [3.05, 3.63) is 36.0 Å². The molecule has 0 aliphatic rings. The minimum Gasteiger partial charge on any atom is -0.468 e. The maximum atomic E-state index is 11.8. The first-order valence-electron chi connectivity index (χ1n) is 6.02. The number of imidazole rings is 1. The molecule has 0 aromatic carbocycles. The number of ether oxygens (including phenoxy) is 1. The Hall–Kier alpha value is -2.17. The smallest absolute Gasteiger partial charge is 0.318 e. The summed E-state index contributed by atoms with van der Waals surface area (Å²) < 4.78 is 4.81. The molecule has 100 valence electrons. The number of methoxy groups -OCH3 is 1. The zero-order valence-electron chi connectivity index (χ0n) is 11.5. The molecule has 0 aliphatic carbocycles. The molecule has 0 bridgehead atoms. The van der Waals surface area contributed by atoms with Gasteiger partial charge in [0.05, 0.1) is 12.8 Å². The summed E-state index contributed by atoms with van der Waals surface area (Å²) in [7, 11) is 1.38. The number of esters is 1. The summed E-state index contributed by atoms with van der Waals surface area (Å²) in [5.74, 6) is 0.273. The van der Waals surface area contributed by atoms with Crippen LogP contribution in [0.25, 0.3) is 11.3 Å². The van der Waals surface area contributed by atoms with Crippen molar-refractivity contribution in [1.29, 1.82) is 0 Å². The van der Waals surface area contributed by atoms with Gasteiger partial charge in [0.1, 0.15) is 11.2 Å². The molecule has 0 unspecified atom stereocenters. The Kier molecular flexibility index (Phi) is 3.38. The van der Waals surface area contributed by atoms with E-state index < -0.39 is 5.41 Å². The number of carbonyl (C=O) groups is 1. The fraction of sp³-hybridized carbons (Fsp3) is 0.357. The second-order valence-corrected chi connectivity index (χ2v) is 4.92. The Morgan fingerprint density at radius 1 is 1.42 bits per heavy atom. The number of nitrogens with zero attached hydrogens (tertiary/aromatic N) is 2. The van der Waals surface area contributed by atoms with Crippen LogP contribution in [0.15, 0.2) is 24.5 Å². The zero-order valence-corrected chi connectivity index (χ0v) is 11.5. The molecule has 2 rings (SSSR count). The SMILES string of the molecule is COC(=O)C(C)(C)c1nc(-c2cccnc2)c(C)[nH]1. The number of hydrogen-bond acceptors (Lipinski definition) is 4. The van der Waals surface area contributed by atoms with E-state index in [2.05, 4.69) is 15.0 Å². The summed E-state index contributed by atoms with van der Waals surface area (Å²) in [5, 5.41) is 0. The van der Waals surface area contributed by atoms with Crippen LogP contribution in [0.1, 0.15) is 25.4 Å². The number of nitrogens with one attached hydrogen (secondary N) is 1. The number of aryl methyl sites for hydroxylation is 1. The van der Waals surface area contributed by atoms with Gasteiger partial charge < -0.3 is 9.72 Å². The van der Waals surface area contributed by atoms with Crippen molar-refractivity contribution in [2.24, 2.45) is 0 Å². The van der Waals surface area contributed by atoms with Gasteiger partial charge in [0.15, 0.2) is 0 Å². The normalized spacial score (nSPS) is 11.4. The summed E-state index contributed by atoms with van der Waals surface area (Å²) in [6.07, 6.45) is 3.46. The van der Waals surface area contributed by atoms with E-state index in [1.807, 2.05) is 19.1 Å². The first-order valence-corrected chi connectivity index (χ1v) is 6.02. The molecule has 0 amide bonds. The molecule has 0 saturated carbocycles. The fourth-order valence-electron chi connectivity index (χ4n) is 1.89. The third-order valence-corrected chi connectivity index (χ3v) is 3.11. The molecule has 2 heterocycles. The number of H-pyrrole nitrogens is 1. The summed E-state index contributed by atoms with van der Waals surface area (Å²) in [6, 6.07) is 3.79. The molecule has 2 aromatic heterocycles. The van der Waals surface area contributed by atoms with Crippen molar-refractivity contribution in [2.75, 3.05) is 7.11 Å². The third-order valence-electron chi connectivity index (χ3n) is 3.11. The Labute approximate surface area is 112 Å². The summed E-state index contributed by atoms with van der Waals surface area (Å²) in [4.78, 5) is 23.6. The van der Waals surface area contributed by atoms with Gasteiger partial charge in [-0.2, -0.15) is 0 Å². The Morgan fingerprint density at radius 3 is 2.74 bits per heavy atom. The molecule has 0 radical (unpaired) electrons. The van der Waals surface area contributed by atoms with E-state index in [4.69, 9.17) is 4.74 Å². The second-order valence-electron chi connectivity index (χ2n) is 4.92. The van der Waals surface area contributed by atoms with E-state index in [1.165, 1.54) is 7.11 Å². The van der Waals surface area contributed by atoms with Crippen molar-refractivity contribution in [1.82, 2.24) is 15.0 Å². The predicted octanol–water partition coefficient (Wildman–Crippen LogP) is 2.23. The fourth-order valence-corrected chi connectivity index (χ4v) is 1.89. The van der Waals surface area contributed by atoms with Gasteiger partial charge in [-0.3, -0.25) is 9.78 Å². The third kappa shape index (κ3) is 2.36. The van der Waals surface area contributed by atoms with Crippen LogP contribution in [0, 0.1) is 6.92 Å². The van der Waals surface area contributed by atoms with Crippen LogP contribution in [0.5, 0.6) is 0 Å². The van der Waals surface area contributed by atoms with Gasteiger partial charge in [-0.1, -0.05) is 0 Å². The van der Waals surface area contributed by atoms with Crippen molar-refractivity contribution in [2.45, 2.75) is 26.2 Å². The highest BCUT2D eigenvalue weighted by Gasteiger charge is 2.34. The summed E-state index contributed by atoms with van der Waals surface area (Å²) in [6.45, 7) is 5.49. The van der Waals surface area contributed by atoms with Crippen LogP contribution in [0.3, 0.4) is 0 Å². The summed E-state index contributed by atoms with van der Waals surface area (Å²) >= 11 is 0. The number of hydrogen-bond donors (Lipinski definition) is 1. The Balaban J connectivity index is 2.45. The van der Waals surface area contributed by atoms with Crippen LogP contribution >= 0.6 is 0 Å². The topological polar surface area (TPSA) is 67.9 Å². The lowest BCUT2D eigenvalue weighted by Gasteiger charge is -2.18. The van der Waals surface area contributed by atoms with E-state index in [1.54, 1.807) is 26.2 Å².